The average Bonchev–Trinajstić information content (AvgIpc) is 3.08. The predicted octanol–water partition coefficient (Wildman–Crippen LogP) is 4.02. The van der Waals surface area contributed by atoms with Gasteiger partial charge in [-0.3, -0.25) is 14.4 Å². The zero-order valence-corrected chi connectivity index (χ0v) is 15.9. The molecule has 29 heavy (non-hydrogen) atoms. The highest BCUT2D eigenvalue weighted by Gasteiger charge is 2.29. The number of carbonyl (C=O) groups excluding carboxylic acids is 1. The van der Waals surface area contributed by atoms with E-state index in [9.17, 15) is 18.0 Å². The van der Waals surface area contributed by atoms with Crippen LogP contribution in [0.4, 0.5) is 19.0 Å². The van der Waals surface area contributed by atoms with Gasteiger partial charge in [0.15, 0.2) is 5.82 Å². The molecule has 2 aromatic carbocycles. The summed E-state index contributed by atoms with van der Waals surface area (Å²) in [6.07, 6.45) is -2.57. The molecule has 152 valence electrons. The number of nitrogens with zero attached hydrogens (tertiary/aromatic N) is 3. The van der Waals surface area contributed by atoms with E-state index in [2.05, 4.69) is 10.4 Å². The third-order valence-electron chi connectivity index (χ3n) is 4.24. The second-order valence-electron chi connectivity index (χ2n) is 6.80. The normalized spacial score (nSPS) is 11.6. The summed E-state index contributed by atoms with van der Waals surface area (Å²) in [7, 11) is 1.73. The highest BCUT2D eigenvalue weighted by molar-refractivity contribution is 5.91. The Balaban J connectivity index is 1.49. The van der Waals surface area contributed by atoms with Crippen LogP contribution in [0.2, 0.25) is 0 Å². The molecule has 1 amide bonds. The summed E-state index contributed by atoms with van der Waals surface area (Å²) in [4.78, 5) is 13.9. The van der Waals surface area contributed by atoms with Gasteiger partial charge in [0.05, 0.1) is 18.7 Å². The summed E-state index contributed by atoms with van der Waals surface area (Å²) in [5, 5.41) is 7.06. The molecule has 1 N–H and O–H groups in total. The molecule has 0 fully saturated rings. The number of rotatable bonds is 7. The van der Waals surface area contributed by atoms with Crippen LogP contribution in [0.5, 0.6) is 0 Å². The summed E-state index contributed by atoms with van der Waals surface area (Å²) >= 11 is 0. The summed E-state index contributed by atoms with van der Waals surface area (Å²) in [6, 6.07) is 16.5. The van der Waals surface area contributed by atoms with Gasteiger partial charge in [-0.25, -0.2) is 0 Å². The second kappa shape index (κ2) is 8.91. The lowest BCUT2D eigenvalue weighted by Crippen LogP contribution is -2.30. The Morgan fingerprint density at radius 3 is 2.38 bits per heavy atom. The van der Waals surface area contributed by atoms with E-state index in [0.717, 1.165) is 17.7 Å². The number of alkyl halides is 3. The van der Waals surface area contributed by atoms with Crippen molar-refractivity contribution in [2.45, 2.75) is 19.3 Å². The monoisotopic (exact) mass is 402 g/mol. The molecule has 8 heteroatoms. The molecule has 0 unspecified atom stereocenters. The molecular weight excluding hydrogens is 381 g/mol. The predicted molar refractivity (Wildman–Crippen MR) is 104 cm³/mol. The van der Waals surface area contributed by atoms with Crippen molar-refractivity contribution in [3.05, 3.63) is 83.6 Å². The molecule has 5 nitrogen and oxygen atoms in total. The molecule has 0 saturated heterocycles. The maximum absolute atomic E-state index is 12.6. The van der Waals surface area contributed by atoms with Gasteiger partial charge in [-0.1, -0.05) is 42.5 Å². The van der Waals surface area contributed by atoms with Gasteiger partial charge in [-0.2, -0.15) is 18.3 Å². The molecule has 0 atom stereocenters. The number of hydrogen-bond acceptors (Lipinski definition) is 3. The lowest BCUT2D eigenvalue weighted by Gasteiger charge is -2.16. The van der Waals surface area contributed by atoms with Crippen LogP contribution < -0.4 is 5.32 Å². The number of nitrogens with one attached hydrogen (secondary N) is 1. The first-order valence-electron chi connectivity index (χ1n) is 9.01. The first-order chi connectivity index (χ1) is 13.8. The number of hydrogen-bond donors (Lipinski definition) is 1. The molecule has 1 heterocycles. The fourth-order valence-electron chi connectivity index (χ4n) is 2.88. The van der Waals surface area contributed by atoms with Crippen LogP contribution in [0, 0.1) is 0 Å². The molecule has 3 aromatic rings. The SMILES string of the molecule is CN(CC(=O)Nc1ccn(Cc2ccccc2)n1)Cc1ccc(C(F)(F)F)cc1. The molecular formula is C21H21F3N4O. The van der Waals surface area contributed by atoms with E-state index in [1.54, 1.807) is 28.9 Å². The van der Waals surface area contributed by atoms with Crippen molar-refractivity contribution in [1.82, 2.24) is 14.7 Å². The van der Waals surface area contributed by atoms with Crippen molar-refractivity contribution in [3.63, 3.8) is 0 Å². The highest BCUT2D eigenvalue weighted by Crippen LogP contribution is 2.29. The molecule has 1 aromatic heterocycles. The molecule has 0 aliphatic heterocycles. The molecule has 0 bridgehead atoms. The van der Waals surface area contributed by atoms with E-state index in [1.807, 2.05) is 30.3 Å². The van der Waals surface area contributed by atoms with Crippen molar-refractivity contribution < 1.29 is 18.0 Å². The summed E-state index contributed by atoms with van der Waals surface area (Å²) in [6.45, 7) is 1.05. The molecule has 0 spiro atoms. The van der Waals surface area contributed by atoms with Gasteiger partial charge in [0.25, 0.3) is 0 Å². The molecule has 3 rings (SSSR count). The van der Waals surface area contributed by atoms with E-state index < -0.39 is 11.7 Å². The number of carbonyl (C=O) groups is 1. The van der Waals surface area contributed by atoms with E-state index in [4.69, 9.17) is 0 Å². The zero-order valence-electron chi connectivity index (χ0n) is 15.9. The molecule has 0 saturated carbocycles. The van der Waals surface area contributed by atoms with E-state index in [1.165, 1.54) is 12.1 Å². The van der Waals surface area contributed by atoms with Crippen LogP contribution in [0.15, 0.2) is 66.9 Å². The van der Waals surface area contributed by atoms with Crippen LogP contribution in [-0.2, 0) is 24.1 Å². The van der Waals surface area contributed by atoms with Gasteiger partial charge in [0.1, 0.15) is 0 Å². The number of aromatic nitrogens is 2. The lowest BCUT2D eigenvalue weighted by atomic mass is 10.1. The number of benzene rings is 2. The van der Waals surface area contributed by atoms with Crippen LogP contribution in [0.3, 0.4) is 0 Å². The molecule has 0 aliphatic carbocycles. The van der Waals surface area contributed by atoms with Gasteiger partial charge in [-0.15, -0.1) is 0 Å². The topological polar surface area (TPSA) is 50.2 Å². The highest BCUT2D eigenvalue weighted by atomic mass is 19.4. The smallest absolute Gasteiger partial charge is 0.308 e. The van der Waals surface area contributed by atoms with Gasteiger partial charge >= 0.3 is 6.18 Å². The minimum atomic E-state index is -4.35. The molecule has 0 radical (unpaired) electrons. The third kappa shape index (κ3) is 6.18. The van der Waals surface area contributed by atoms with Crippen LogP contribution in [-0.4, -0.2) is 34.2 Å². The van der Waals surface area contributed by atoms with Gasteiger partial charge < -0.3 is 5.32 Å². The fraction of sp³-hybridized carbons (Fsp3) is 0.238. The van der Waals surface area contributed by atoms with E-state index in [0.29, 0.717) is 24.5 Å². The van der Waals surface area contributed by atoms with Crippen molar-refractivity contribution >= 4 is 11.7 Å². The fourth-order valence-corrected chi connectivity index (χ4v) is 2.88. The van der Waals surface area contributed by atoms with E-state index in [-0.39, 0.29) is 12.5 Å². The Kier molecular flexibility index (Phi) is 6.33. The number of anilines is 1. The average molecular weight is 402 g/mol. The zero-order chi connectivity index (χ0) is 20.9. The Hall–Kier alpha value is -3.13. The Labute approximate surface area is 166 Å². The molecule has 0 aliphatic rings. The summed E-state index contributed by atoms with van der Waals surface area (Å²) in [5.74, 6) is 0.207. The van der Waals surface area contributed by atoms with Crippen LogP contribution in [0.25, 0.3) is 0 Å². The Morgan fingerprint density at radius 1 is 1.03 bits per heavy atom. The Morgan fingerprint density at radius 2 is 1.72 bits per heavy atom. The van der Waals surface area contributed by atoms with Crippen LogP contribution >= 0.6 is 0 Å². The van der Waals surface area contributed by atoms with Gasteiger partial charge in [0, 0.05) is 18.8 Å². The second-order valence-corrected chi connectivity index (χ2v) is 6.80. The lowest BCUT2D eigenvalue weighted by molar-refractivity contribution is -0.137. The van der Waals surface area contributed by atoms with Gasteiger partial charge in [-0.05, 0) is 30.3 Å². The Bertz CT molecular complexity index is 937. The summed E-state index contributed by atoms with van der Waals surface area (Å²) in [5.41, 5.74) is 1.11. The summed E-state index contributed by atoms with van der Waals surface area (Å²) < 4.78 is 39.6. The van der Waals surface area contributed by atoms with Crippen molar-refractivity contribution in [1.29, 1.82) is 0 Å². The maximum atomic E-state index is 12.6. The first-order valence-corrected chi connectivity index (χ1v) is 9.01. The van der Waals surface area contributed by atoms with Gasteiger partial charge in [0.2, 0.25) is 5.91 Å². The number of amides is 1. The van der Waals surface area contributed by atoms with E-state index >= 15 is 0 Å². The maximum Gasteiger partial charge on any atom is 0.416 e. The van der Waals surface area contributed by atoms with Crippen molar-refractivity contribution in [2.24, 2.45) is 0 Å². The number of halogens is 3. The van der Waals surface area contributed by atoms with Crippen molar-refractivity contribution in [3.8, 4) is 0 Å². The van der Waals surface area contributed by atoms with Crippen molar-refractivity contribution in [2.75, 3.05) is 18.9 Å². The quantitative estimate of drug-likeness (QED) is 0.650. The number of likely N-dealkylation sites (N-methyl/N-ethyl adjacent to an activating group) is 1. The standard InChI is InChI=1S/C21H21F3N4O/c1-27(13-17-7-9-18(10-8-17)21(22,23)24)15-20(29)25-19-11-12-28(26-19)14-16-5-3-2-4-6-16/h2-12H,13-15H2,1H3,(H,25,26,29). The largest absolute Gasteiger partial charge is 0.416 e. The third-order valence-corrected chi connectivity index (χ3v) is 4.24. The van der Waals surface area contributed by atoms with Crippen LogP contribution in [0.1, 0.15) is 16.7 Å². The minimum absolute atomic E-state index is 0.0898. The first kappa shape index (κ1) is 20.6. The minimum Gasteiger partial charge on any atom is -0.308 e.